The molecule has 2 nitrogen and oxygen atoms in total. The summed E-state index contributed by atoms with van der Waals surface area (Å²) >= 11 is 0. The summed E-state index contributed by atoms with van der Waals surface area (Å²) < 4.78 is 39.1. The average Bonchev–Trinajstić information content (AvgIpc) is 2.11. The molecule has 57 valence electrons. The molecule has 1 fully saturated rings. The van der Waals surface area contributed by atoms with Crippen LogP contribution in [0.15, 0.2) is 0 Å². The molecule has 0 aromatic heterocycles. The largest absolute Gasteiger partial charge is 0.465 e. The molecular formula is C5H4F3O2. The van der Waals surface area contributed by atoms with Gasteiger partial charge in [-0.25, -0.2) is 0 Å². The highest BCUT2D eigenvalue weighted by Crippen LogP contribution is 2.31. The van der Waals surface area contributed by atoms with Crippen LogP contribution in [0.4, 0.5) is 13.2 Å². The average molecular weight is 153 g/mol. The number of rotatable bonds is 0. The van der Waals surface area contributed by atoms with Gasteiger partial charge in [0.25, 0.3) is 0 Å². The number of carbonyl (C=O) groups is 1. The van der Waals surface area contributed by atoms with Gasteiger partial charge in [0, 0.05) is 0 Å². The molecule has 1 aliphatic rings. The van der Waals surface area contributed by atoms with Gasteiger partial charge < -0.3 is 4.74 Å². The molecule has 1 atom stereocenters. The van der Waals surface area contributed by atoms with E-state index in [1.54, 1.807) is 0 Å². The normalized spacial score (nSPS) is 26.7. The zero-order chi connectivity index (χ0) is 7.78. The minimum Gasteiger partial charge on any atom is -0.465 e. The van der Waals surface area contributed by atoms with Gasteiger partial charge in [-0.15, -0.1) is 0 Å². The second kappa shape index (κ2) is 2.14. The number of halogens is 3. The van der Waals surface area contributed by atoms with Gasteiger partial charge in [-0.1, -0.05) is 0 Å². The van der Waals surface area contributed by atoms with E-state index in [1.807, 2.05) is 0 Å². The van der Waals surface area contributed by atoms with Gasteiger partial charge in [0.2, 0.25) is 0 Å². The second-order valence-corrected chi connectivity index (χ2v) is 1.94. The number of carbonyl (C=O) groups excluding carboxylic acids is 1. The van der Waals surface area contributed by atoms with Gasteiger partial charge in [-0.2, -0.15) is 13.2 Å². The molecule has 1 unspecified atom stereocenters. The van der Waals surface area contributed by atoms with E-state index in [0.717, 1.165) is 0 Å². The first-order valence-electron chi connectivity index (χ1n) is 2.58. The maximum atomic E-state index is 11.7. The second-order valence-electron chi connectivity index (χ2n) is 1.94. The van der Waals surface area contributed by atoms with Crippen LogP contribution in [0, 0.1) is 12.3 Å². The lowest BCUT2D eigenvalue weighted by Crippen LogP contribution is -2.23. The van der Waals surface area contributed by atoms with Crippen molar-refractivity contribution in [3.05, 3.63) is 6.42 Å². The van der Waals surface area contributed by atoms with Crippen LogP contribution < -0.4 is 0 Å². The van der Waals surface area contributed by atoms with Gasteiger partial charge >= 0.3 is 12.1 Å². The third kappa shape index (κ3) is 1.40. The topological polar surface area (TPSA) is 26.3 Å². The smallest absolute Gasteiger partial charge is 0.395 e. The minimum atomic E-state index is -4.34. The summed E-state index contributed by atoms with van der Waals surface area (Å²) in [5.74, 6) is -2.60. The number of cyclic esters (lactones) is 1. The summed E-state index contributed by atoms with van der Waals surface area (Å²) in [4.78, 5) is 10.1. The van der Waals surface area contributed by atoms with Gasteiger partial charge in [-0.3, -0.25) is 4.79 Å². The van der Waals surface area contributed by atoms with E-state index in [-0.39, 0.29) is 0 Å². The van der Waals surface area contributed by atoms with Crippen LogP contribution in [0.5, 0.6) is 0 Å². The van der Waals surface area contributed by atoms with E-state index in [0.29, 0.717) is 6.42 Å². The molecule has 1 saturated heterocycles. The highest BCUT2D eigenvalue weighted by Gasteiger charge is 2.45. The third-order valence-corrected chi connectivity index (χ3v) is 1.16. The summed E-state index contributed by atoms with van der Waals surface area (Å²) in [6.07, 6.45) is -3.80. The third-order valence-electron chi connectivity index (χ3n) is 1.16. The maximum absolute atomic E-state index is 11.7. The Labute approximate surface area is 55.0 Å². The molecule has 0 spiro atoms. The highest BCUT2D eigenvalue weighted by atomic mass is 19.4. The molecule has 10 heavy (non-hydrogen) atoms. The molecule has 1 rings (SSSR count). The number of hydrogen-bond donors (Lipinski definition) is 0. The van der Waals surface area contributed by atoms with Crippen LogP contribution in [0.3, 0.4) is 0 Å². The summed E-state index contributed by atoms with van der Waals surface area (Å²) in [6.45, 7) is -0.567. The molecular weight excluding hydrogens is 149 g/mol. The summed E-state index contributed by atoms with van der Waals surface area (Å²) in [6, 6.07) is 0. The van der Waals surface area contributed by atoms with Crippen molar-refractivity contribution in [3.8, 4) is 0 Å². The number of hydrogen-bond acceptors (Lipinski definition) is 2. The van der Waals surface area contributed by atoms with Crippen molar-refractivity contribution in [2.45, 2.75) is 6.18 Å². The Kier molecular flexibility index (Phi) is 1.58. The van der Waals surface area contributed by atoms with Crippen LogP contribution >= 0.6 is 0 Å². The van der Waals surface area contributed by atoms with Gasteiger partial charge in [0.15, 0.2) is 0 Å². The van der Waals surface area contributed by atoms with E-state index in [1.165, 1.54) is 0 Å². The van der Waals surface area contributed by atoms with Gasteiger partial charge in [0.1, 0.15) is 12.5 Å². The quantitative estimate of drug-likeness (QED) is 0.484. The fourth-order valence-electron chi connectivity index (χ4n) is 0.621. The Hall–Kier alpha value is -0.740. The number of esters is 1. The molecule has 1 radical (unpaired) electrons. The predicted octanol–water partition coefficient (Wildman–Crippen LogP) is 0.926. The van der Waals surface area contributed by atoms with Gasteiger partial charge in [-0.05, 0) is 0 Å². The molecule has 0 bridgehead atoms. The Morgan fingerprint density at radius 3 is 2.40 bits per heavy atom. The van der Waals surface area contributed by atoms with E-state index >= 15 is 0 Å². The maximum Gasteiger partial charge on any atom is 0.395 e. The van der Waals surface area contributed by atoms with Crippen molar-refractivity contribution in [3.63, 3.8) is 0 Å². The molecule has 0 N–H and O–H groups in total. The summed E-state index contributed by atoms with van der Waals surface area (Å²) in [7, 11) is 0. The monoisotopic (exact) mass is 153 g/mol. The van der Waals surface area contributed by atoms with Crippen molar-refractivity contribution in [2.75, 3.05) is 6.61 Å². The highest BCUT2D eigenvalue weighted by molar-refractivity contribution is 5.81. The van der Waals surface area contributed by atoms with Crippen molar-refractivity contribution < 1.29 is 22.7 Å². The number of ether oxygens (including phenoxy) is 1. The van der Waals surface area contributed by atoms with E-state index < -0.39 is 24.7 Å². The van der Waals surface area contributed by atoms with E-state index in [4.69, 9.17) is 0 Å². The fourth-order valence-corrected chi connectivity index (χ4v) is 0.621. The van der Waals surface area contributed by atoms with Crippen LogP contribution in [0.1, 0.15) is 0 Å². The molecule has 0 saturated carbocycles. The van der Waals surface area contributed by atoms with Crippen molar-refractivity contribution >= 4 is 5.97 Å². The molecule has 5 heteroatoms. The lowest BCUT2D eigenvalue weighted by molar-refractivity contribution is -0.166. The Bertz CT molecular complexity index is 151. The molecule has 0 amide bonds. The van der Waals surface area contributed by atoms with Crippen LogP contribution in [0.2, 0.25) is 0 Å². The molecule has 1 aliphatic heterocycles. The Balaban J connectivity index is 2.53. The first-order valence-corrected chi connectivity index (χ1v) is 2.58. The molecule has 0 aromatic rings. The lowest BCUT2D eigenvalue weighted by Gasteiger charge is -2.09. The Morgan fingerprint density at radius 2 is 2.20 bits per heavy atom. The molecule has 0 aromatic carbocycles. The van der Waals surface area contributed by atoms with E-state index in [9.17, 15) is 18.0 Å². The molecule has 0 aliphatic carbocycles. The summed E-state index contributed by atoms with van der Waals surface area (Å²) in [5, 5.41) is 0. The van der Waals surface area contributed by atoms with Crippen molar-refractivity contribution in [1.82, 2.24) is 0 Å². The van der Waals surface area contributed by atoms with Crippen LogP contribution in [-0.2, 0) is 9.53 Å². The SMILES string of the molecule is O=C1[CH]C(C(F)(F)F)CO1. The van der Waals surface area contributed by atoms with E-state index in [2.05, 4.69) is 4.74 Å². The van der Waals surface area contributed by atoms with Gasteiger partial charge in [0.05, 0.1) is 6.42 Å². The van der Waals surface area contributed by atoms with Crippen molar-refractivity contribution in [2.24, 2.45) is 5.92 Å². The molecule has 1 heterocycles. The zero-order valence-corrected chi connectivity index (χ0v) is 4.81. The Morgan fingerprint density at radius 1 is 1.60 bits per heavy atom. The van der Waals surface area contributed by atoms with Crippen LogP contribution in [-0.4, -0.2) is 18.8 Å². The lowest BCUT2D eigenvalue weighted by atomic mass is 10.1. The van der Waals surface area contributed by atoms with Crippen LogP contribution in [0.25, 0.3) is 0 Å². The summed E-state index contributed by atoms with van der Waals surface area (Å²) in [5.41, 5.74) is 0. The zero-order valence-electron chi connectivity index (χ0n) is 4.81. The minimum absolute atomic E-state index is 0.542. The number of alkyl halides is 3. The van der Waals surface area contributed by atoms with Crippen molar-refractivity contribution in [1.29, 1.82) is 0 Å². The standard InChI is InChI=1S/C5H4F3O2/c6-5(7,8)3-1-4(9)10-2-3/h1,3H,2H2. The first kappa shape index (κ1) is 7.37. The first-order chi connectivity index (χ1) is 4.50. The fraction of sp³-hybridized carbons (Fsp3) is 0.600. The predicted molar refractivity (Wildman–Crippen MR) is 24.8 cm³/mol.